The van der Waals surface area contributed by atoms with Crippen LogP contribution in [0.15, 0.2) is 74.5 Å². The van der Waals surface area contributed by atoms with E-state index in [-0.39, 0.29) is 28.4 Å². The average Bonchev–Trinajstić information content (AvgIpc) is 3.07. The van der Waals surface area contributed by atoms with Crippen LogP contribution in [0.5, 0.6) is 5.88 Å². The Hall–Kier alpha value is -4.03. The summed E-state index contributed by atoms with van der Waals surface area (Å²) in [5.41, 5.74) is -0.605. The molecule has 1 aromatic heterocycles. The van der Waals surface area contributed by atoms with E-state index < -0.39 is 27.4 Å². The topological polar surface area (TPSA) is 154 Å². The second-order valence-electron chi connectivity index (χ2n) is 11.7. The minimum atomic E-state index is -3.74. The molecule has 0 fully saturated rings. The highest BCUT2D eigenvalue weighted by Crippen LogP contribution is 2.34. The fourth-order valence-electron chi connectivity index (χ4n) is 5.30. The van der Waals surface area contributed by atoms with Crippen LogP contribution in [0.4, 0.5) is 22.7 Å². The average molecular weight is 682 g/mol. The number of sulfonamides is 1. The second-order valence-corrected chi connectivity index (χ2v) is 13.7. The highest BCUT2D eigenvalue weighted by Gasteiger charge is 2.26. The molecule has 0 spiro atoms. The van der Waals surface area contributed by atoms with Crippen LogP contribution in [0.1, 0.15) is 108 Å². The predicted molar refractivity (Wildman–Crippen MR) is 191 cm³/mol. The van der Waals surface area contributed by atoms with Crippen LogP contribution in [-0.4, -0.2) is 48.5 Å². The number of aromatic amines is 1. The van der Waals surface area contributed by atoms with Gasteiger partial charge >= 0.3 is 5.97 Å². The molecule has 3 rings (SSSR count). The monoisotopic (exact) mass is 681 g/mol. The van der Waals surface area contributed by atoms with Crippen LogP contribution >= 0.6 is 0 Å². The highest BCUT2D eigenvalue weighted by molar-refractivity contribution is 7.89. The van der Waals surface area contributed by atoms with Gasteiger partial charge < -0.3 is 15.2 Å². The summed E-state index contributed by atoms with van der Waals surface area (Å²) in [7, 11) is -3.74. The molecule has 0 amide bonds. The van der Waals surface area contributed by atoms with Crippen molar-refractivity contribution in [3.05, 3.63) is 70.5 Å². The minimum Gasteiger partial charge on any atom is -0.494 e. The van der Waals surface area contributed by atoms with Crippen molar-refractivity contribution in [2.75, 3.05) is 25.0 Å². The maximum Gasteiger partial charge on any atom is 0.345 e. The van der Waals surface area contributed by atoms with Gasteiger partial charge in [0.05, 0.1) is 22.9 Å². The lowest BCUT2D eigenvalue weighted by atomic mass is 10.1. The van der Waals surface area contributed by atoms with E-state index in [1.54, 1.807) is 41.6 Å². The summed E-state index contributed by atoms with van der Waals surface area (Å²) < 4.78 is 34.2. The number of aromatic hydroxyl groups is 1. The molecule has 48 heavy (non-hydrogen) atoms. The van der Waals surface area contributed by atoms with Gasteiger partial charge in [-0.3, -0.25) is 9.78 Å². The summed E-state index contributed by atoms with van der Waals surface area (Å²) >= 11 is 0. The van der Waals surface area contributed by atoms with E-state index in [1.807, 2.05) is 0 Å². The first kappa shape index (κ1) is 38.4. The Bertz CT molecular complexity index is 1590. The zero-order valence-corrected chi connectivity index (χ0v) is 29.4. The molecule has 0 bridgehead atoms. The van der Waals surface area contributed by atoms with Crippen LogP contribution in [0.2, 0.25) is 0 Å². The van der Waals surface area contributed by atoms with Crippen molar-refractivity contribution >= 4 is 38.7 Å². The molecular formula is C36H51N5O6S. The Morgan fingerprint density at radius 2 is 1.38 bits per heavy atom. The Kier molecular flexibility index (Phi) is 16.3. The van der Waals surface area contributed by atoms with Crippen LogP contribution in [-0.2, 0) is 14.8 Å². The number of para-hydroxylation sites is 1. The molecule has 3 N–H and O–H groups in total. The summed E-state index contributed by atoms with van der Waals surface area (Å²) in [4.78, 5) is 28.1. The number of anilines is 2. The number of hydrogen-bond donors (Lipinski definition) is 3. The number of nitrogens with zero attached hydrogens (tertiary/aromatic N) is 3. The van der Waals surface area contributed by atoms with Gasteiger partial charge in [0.25, 0.3) is 5.56 Å². The number of H-pyrrole nitrogens is 1. The lowest BCUT2D eigenvalue weighted by molar-refractivity contribution is 0.0523. The lowest BCUT2D eigenvalue weighted by Gasteiger charge is -2.22. The second kappa shape index (κ2) is 20.4. The van der Waals surface area contributed by atoms with E-state index >= 15 is 0 Å². The van der Waals surface area contributed by atoms with Gasteiger partial charge in [0.1, 0.15) is 5.56 Å². The number of rotatable bonds is 22. The number of unbranched alkanes of at least 4 members (excludes halogenated alkanes) is 10. The van der Waals surface area contributed by atoms with Gasteiger partial charge in [0.15, 0.2) is 5.69 Å². The number of azo groups is 1. The maximum atomic E-state index is 13.8. The number of esters is 1. The summed E-state index contributed by atoms with van der Waals surface area (Å²) in [5, 5.41) is 21.8. The van der Waals surface area contributed by atoms with Gasteiger partial charge in [0.2, 0.25) is 15.9 Å². The third-order valence-corrected chi connectivity index (χ3v) is 9.87. The number of hydrogen-bond acceptors (Lipinski definition) is 9. The fraction of sp³-hybridized carbons (Fsp3) is 0.500. The lowest BCUT2D eigenvalue weighted by Crippen LogP contribution is -2.33. The first-order valence-corrected chi connectivity index (χ1v) is 18.7. The summed E-state index contributed by atoms with van der Waals surface area (Å²) in [5.74, 6) is -1.53. The van der Waals surface area contributed by atoms with Crippen molar-refractivity contribution < 1.29 is 23.1 Å². The first-order valence-electron chi connectivity index (χ1n) is 17.2. The zero-order chi connectivity index (χ0) is 34.8. The van der Waals surface area contributed by atoms with Crippen molar-refractivity contribution in [1.82, 2.24) is 9.29 Å². The Morgan fingerprint density at radius 3 is 1.94 bits per heavy atom. The fourth-order valence-corrected chi connectivity index (χ4v) is 6.81. The highest BCUT2D eigenvalue weighted by atomic mass is 32.2. The Balaban J connectivity index is 1.85. The number of ether oxygens (including phenoxy) is 1. The normalized spacial score (nSPS) is 11.8. The van der Waals surface area contributed by atoms with Gasteiger partial charge in [-0.1, -0.05) is 96.3 Å². The summed E-state index contributed by atoms with van der Waals surface area (Å²) in [6.45, 7) is 6.98. The summed E-state index contributed by atoms with van der Waals surface area (Å²) in [6, 6.07) is 14.8. The van der Waals surface area contributed by atoms with Crippen LogP contribution in [0, 0.1) is 0 Å². The van der Waals surface area contributed by atoms with Crippen molar-refractivity contribution in [3.8, 4) is 5.88 Å². The molecule has 0 unspecified atom stereocenters. The van der Waals surface area contributed by atoms with Crippen molar-refractivity contribution in [2.45, 2.75) is 103 Å². The van der Waals surface area contributed by atoms with Gasteiger partial charge in [0, 0.05) is 18.8 Å². The molecule has 0 aliphatic heterocycles. The Labute approximate surface area is 284 Å². The third kappa shape index (κ3) is 11.6. The Morgan fingerprint density at radius 1 is 0.812 bits per heavy atom. The molecule has 262 valence electrons. The molecule has 0 saturated carbocycles. The number of carbonyl (C=O) groups excluding carboxylic acids is 1. The number of carbonyl (C=O) groups is 1. The van der Waals surface area contributed by atoms with Crippen LogP contribution in [0.3, 0.4) is 0 Å². The smallest absolute Gasteiger partial charge is 0.345 e. The van der Waals surface area contributed by atoms with Crippen LogP contribution in [0.25, 0.3) is 0 Å². The van der Waals surface area contributed by atoms with Crippen molar-refractivity contribution in [2.24, 2.45) is 10.2 Å². The first-order chi connectivity index (χ1) is 23.2. The van der Waals surface area contributed by atoms with Gasteiger partial charge in [-0.15, -0.1) is 5.11 Å². The number of aromatic nitrogens is 1. The summed E-state index contributed by atoms with van der Waals surface area (Å²) in [6.07, 6.45) is 12.9. The molecular weight excluding hydrogens is 630 g/mol. The molecule has 11 nitrogen and oxygen atoms in total. The predicted octanol–water partition coefficient (Wildman–Crippen LogP) is 9.13. The van der Waals surface area contributed by atoms with Crippen LogP contribution < -0.4 is 10.9 Å². The van der Waals surface area contributed by atoms with E-state index in [2.05, 4.69) is 34.4 Å². The molecule has 0 radical (unpaired) electrons. The van der Waals surface area contributed by atoms with E-state index in [4.69, 9.17) is 4.74 Å². The number of pyridine rings is 1. The molecule has 0 aliphatic carbocycles. The molecule has 2 aromatic carbocycles. The largest absolute Gasteiger partial charge is 0.494 e. The molecule has 3 aromatic rings. The SMILES string of the molecule is CCCCCCCCN(CCCCCCCC)S(=O)(=O)c1ccc(N=Nc2c(Nc3ccccc3)c(C(=O)OCC)c(O)[nH]c2=O)cc1. The maximum absolute atomic E-state index is 13.8. The molecule has 0 saturated heterocycles. The zero-order valence-electron chi connectivity index (χ0n) is 28.5. The van der Waals surface area contributed by atoms with Gasteiger partial charge in [-0.25, -0.2) is 13.2 Å². The van der Waals surface area contributed by atoms with E-state index in [1.165, 1.54) is 62.8 Å². The number of benzene rings is 2. The van der Waals surface area contributed by atoms with E-state index in [0.29, 0.717) is 24.5 Å². The third-order valence-electron chi connectivity index (χ3n) is 7.96. The molecule has 12 heteroatoms. The number of nitrogens with one attached hydrogen (secondary N) is 2. The quantitative estimate of drug-likeness (QED) is 0.0543. The minimum absolute atomic E-state index is 0.0453. The van der Waals surface area contributed by atoms with Gasteiger partial charge in [-0.2, -0.15) is 9.42 Å². The van der Waals surface area contributed by atoms with Crippen molar-refractivity contribution in [1.29, 1.82) is 0 Å². The molecule has 0 aliphatic rings. The van der Waals surface area contributed by atoms with Crippen molar-refractivity contribution in [3.63, 3.8) is 0 Å². The van der Waals surface area contributed by atoms with E-state index in [0.717, 1.165) is 38.5 Å². The molecule has 1 heterocycles. The van der Waals surface area contributed by atoms with Gasteiger partial charge in [-0.05, 0) is 56.2 Å². The standard InChI is InChI=1S/C36H51N5O6S/c1-4-7-9-11-13-18-26-41(27-19-14-12-10-8-5-2)48(45,46)30-24-22-29(23-25-30)39-40-33-32(37-28-20-16-15-17-21-28)31(36(44)47-6-3)34(42)38-35(33)43/h15-17,20-25H,4-14,18-19,26-27H2,1-3H3,(H3,37,38,42,43). The molecule has 0 atom stereocenters. The van der Waals surface area contributed by atoms with E-state index in [9.17, 15) is 23.1 Å².